The molecule has 1 aliphatic heterocycles. The molecule has 0 saturated carbocycles. The quantitative estimate of drug-likeness (QED) is 0.481. The van der Waals surface area contributed by atoms with Gasteiger partial charge in [0, 0.05) is 23.6 Å². The van der Waals surface area contributed by atoms with Crippen LogP contribution in [0.15, 0.2) is 64.0 Å². The molecule has 1 amide bonds. The first-order chi connectivity index (χ1) is 15.0. The van der Waals surface area contributed by atoms with Gasteiger partial charge in [0.25, 0.3) is 5.91 Å². The number of piperidine rings is 1. The molecule has 0 atom stereocenters. The number of H-pyrrole nitrogens is 1. The molecule has 0 bridgehead atoms. The highest BCUT2D eigenvalue weighted by Gasteiger charge is 2.28. The molecule has 0 unspecified atom stereocenters. The number of halogens is 1. The fourth-order valence-electron chi connectivity index (χ4n) is 4.40. The van der Waals surface area contributed by atoms with Crippen LogP contribution in [0.5, 0.6) is 0 Å². The van der Waals surface area contributed by atoms with Crippen molar-refractivity contribution in [3.8, 4) is 5.69 Å². The maximum Gasteiger partial charge on any atom is 0.326 e. The Balaban J connectivity index is 1.33. The fraction of sp³-hybridized carbons (Fsp3) is 0.261. The molecule has 3 heterocycles. The maximum atomic E-state index is 13.2. The third-order valence-electron chi connectivity index (χ3n) is 6.05. The average molecular weight is 480 g/mol. The lowest BCUT2D eigenvalue weighted by atomic mass is 10.0. The number of benzene rings is 2. The zero-order valence-electron chi connectivity index (χ0n) is 17.1. The van der Waals surface area contributed by atoms with E-state index >= 15 is 0 Å². The summed E-state index contributed by atoms with van der Waals surface area (Å²) in [6, 6.07) is 15.6. The van der Waals surface area contributed by atoms with Crippen LogP contribution in [0.4, 0.5) is 0 Å². The summed E-state index contributed by atoms with van der Waals surface area (Å²) in [4.78, 5) is 30.5. The van der Waals surface area contributed by atoms with E-state index in [2.05, 4.69) is 26.0 Å². The number of nitrogens with one attached hydrogen (secondary N) is 1. The van der Waals surface area contributed by atoms with Crippen molar-refractivity contribution in [1.82, 2.24) is 24.2 Å². The number of hydrogen-bond acceptors (Lipinski definition) is 3. The molecule has 2 aromatic heterocycles. The Labute approximate surface area is 187 Å². The zero-order chi connectivity index (χ0) is 21.5. The van der Waals surface area contributed by atoms with Gasteiger partial charge in [0.15, 0.2) is 0 Å². The van der Waals surface area contributed by atoms with Gasteiger partial charge in [-0.25, -0.2) is 9.48 Å². The first-order valence-corrected chi connectivity index (χ1v) is 11.1. The molecule has 8 heteroatoms. The molecule has 2 aromatic carbocycles. The molecule has 158 valence electrons. The van der Waals surface area contributed by atoms with E-state index in [4.69, 9.17) is 0 Å². The molecular weight excluding hydrogens is 458 g/mol. The van der Waals surface area contributed by atoms with Crippen molar-refractivity contribution in [2.24, 2.45) is 0 Å². The van der Waals surface area contributed by atoms with Gasteiger partial charge in [-0.05, 0) is 56.2 Å². The monoisotopic (exact) mass is 479 g/mol. The van der Waals surface area contributed by atoms with E-state index in [1.54, 1.807) is 10.9 Å². The number of aromatic amines is 1. The van der Waals surface area contributed by atoms with Crippen LogP contribution in [0.2, 0.25) is 0 Å². The number of carbonyl (C=O) groups is 1. The van der Waals surface area contributed by atoms with Crippen LogP contribution in [0, 0.1) is 6.92 Å². The minimum Gasteiger partial charge on any atom is -0.338 e. The third kappa shape index (κ3) is 3.50. The van der Waals surface area contributed by atoms with Crippen LogP contribution in [-0.2, 0) is 0 Å². The molecule has 0 spiro atoms. The van der Waals surface area contributed by atoms with E-state index < -0.39 is 0 Å². The second kappa shape index (κ2) is 7.85. The van der Waals surface area contributed by atoms with Crippen LogP contribution in [0.25, 0.3) is 16.7 Å². The smallest absolute Gasteiger partial charge is 0.326 e. The van der Waals surface area contributed by atoms with Crippen LogP contribution >= 0.6 is 15.9 Å². The maximum absolute atomic E-state index is 13.2. The van der Waals surface area contributed by atoms with Crippen LogP contribution in [-0.4, -0.2) is 43.2 Å². The molecule has 7 nitrogen and oxygen atoms in total. The van der Waals surface area contributed by atoms with E-state index in [-0.39, 0.29) is 17.6 Å². The Bertz CT molecular complexity index is 1310. The normalized spacial score (nSPS) is 15.0. The summed E-state index contributed by atoms with van der Waals surface area (Å²) in [7, 11) is 0. The minimum atomic E-state index is -0.0856. The Morgan fingerprint density at radius 3 is 2.55 bits per heavy atom. The van der Waals surface area contributed by atoms with Gasteiger partial charge >= 0.3 is 5.69 Å². The third-order valence-corrected chi connectivity index (χ3v) is 6.58. The SMILES string of the molecule is Cc1c(C(=O)N2CCC(n3c(=O)[nH]c4ccccc43)CC2)cnn1-c1ccc(Br)cc1. The predicted octanol–water partition coefficient (Wildman–Crippen LogP) is 4.06. The Hall–Kier alpha value is -3.13. The average Bonchev–Trinajstić information content (AvgIpc) is 3.33. The highest BCUT2D eigenvalue weighted by Crippen LogP contribution is 2.26. The lowest BCUT2D eigenvalue weighted by Gasteiger charge is -2.32. The van der Waals surface area contributed by atoms with Crippen molar-refractivity contribution in [3.63, 3.8) is 0 Å². The van der Waals surface area contributed by atoms with E-state index in [9.17, 15) is 9.59 Å². The lowest BCUT2D eigenvalue weighted by molar-refractivity contribution is 0.0694. The van der Waals surface area contributed by atoms with E-state index in [0.717, 1.165) is 39.7 Å². The topological polar surface area (TPSA) is 75.9 Å². The summed E-state index contributed by atoms with van der Waals surface area (Å²) in [5.41, 5.74) is 4.04. The van der Waals surface area contributed by atoms with Gasteiger partial charge < -0.3 is 9.88 Å². The summed E-state index contributed by atoms with van der Waals surface area (Å²) < 4.78 is 4.63. The van der Waals surface area contributed by atoms with E-state index in [1.165, 1.54) is 0 Å². The van der Waals surface area contributed by atoms with Crippen molar-refractivity contribution in [2.45, 2.75) is 25.8 Å². The van der Waals surface area contributed by atoms with Crippen LogP contribution in [0.3, 0.4) is 0 Å². The second-order valence-corrected chi connectivity index (χ2v) is 8.79. The van der Waals surface area contributed by atoms with Gasteiger partial charge in [-0.2, -0.15) is 5.10 Å². The van der Waals surface area contributed by atoms with Gasteiger partial charge in [-0.3, -0.25) is 9.36 Å². The first-order valence-electron chi connectivity index (χ1n) is 10.3. The summed E-state index contributed by atoms with van der Waals surface area (Å²) >= 11 is 3.44. The fourth-order valence-corrected chi connectivity index (χ4v) is 4.66. The Kier molecular flexibility index (Phi) is 5.02. The van der Waals surface area contributed by atoms with Gasteiger partial charge in [0.05, 0.1) is 34.2 Å². The number of carbonyl (C=O) groups excluding carboxylic acids is 1. The van der Waals surface area contributed by atoms with Gasteiger partial charge in [0.1, 0.15) is 0 Å². The van der Waals surface area contributed by atoms with E-state index in [0.29, 0.717) is 18.7 Å². The zero-order valence-corrected chi connectivity index (χ0v) is 18.7. The molecular formula is C23H22BrN5O2. The summed E-state index contributed by atoms with van der Waals surface area (Å²) in [5, 5.41) is 4.44. The number of hydrogen-bond donors (Lipinski definition) is 1. The van der Waals surface area contributed by atoms with Crippen molar-refractivity contribution in [1.29, 1.82) is 0 Å². The number of fused-ring (bicyclic) bond motifs is 1. The molecule has 1 aliphatic rings. The predicted molar refractivity (Wildman–Crippen MR) is 123 cm³/mol. The van der Waals surface area contributed by atoms with E-state index in [1.807, 2.05) is 64.9 Å². The van der Waals surface area contributed by atoms with Gasteiger partial charge in [-0.15, -0.1) is 0 Å². The highest BCUT2D eigenvalue weighted by molar-refractivity contribution is 9.10. The van der Waals surface area contributed by atoms with Crippen molar-refractivity contribution in [3.05, 3.63) is 80.9 Å². The molecule has 1 fully saturated rings. The molecule has 4 aromatic rings. The largest absolute Gasteiger partial charge is 0.338 e. The molecule has 0 aliphatic carbocycles. The number of nitrogens with zero attached hydrogens (tertiary/aromatic N) is 4. The molecule has 0 radical (unpaired) electrons. The van der Waals surface area contributed by atoms with Crippen LogP contribution < -0.4 is 5.69 Å². The Morgan fingerprint density at radius 2 is 1.81 bits per heavy atom. The standard InChI is InChI=1S/C23H22BrN5O2/c1-15-19(14-25-29(15)18-8-6-16(24)7-9-18)22(30)27-12-10-17(11-13-27)28-21-5-3-2-4-20(21)26-23(28)31/h2-9,14,17H,10-13H2,1H3,(H,26,31). The number of aromatic nitrogens is 4. The molecule has 5 rings (SSSR count). The summed E-state index contributed by atoms with van der Waals surface area (Å²) in [6.07, 6.45) is 3.14. The first kappa shape index (κ1) is 19.8. The van der Waals surface area contributed by atoms with Gasteiger partial charge in [0.2, 0.25) is 0 Å². The summed E-state index contributed by atoms with van der Waals surface area (Å²) in [5.74, 6) is -0.00872. The Morgan fingerprint density at radius 1 is 1.10 bits per heavy atom. The van der Waals surface area contributed by atoms with Gasteiger partial charge in [-0.1, -0.05) is 28.1 Å². The van der Waals surface area contributed by atoms with Crippen molar-refractivity contribution in [2.75, 3.05) is 13.1 Å². The number of imidazole rings is 1. The lowest BCUT2D eigenvalue weighted by Crippen LogP contribution is -2.40. The van der Waals surface area contributed by atoms with Crippen LogP contribution in [0.1, 0.15) is 34.9 Å². The molecule has 31 heavy (non-hydrogen) atoms. The molecule has 1 N–H and O–H groups in total. The number of amides is 1. The number of likely N-dealkylation sites (tertiary alicyclic amines) is 1. The molecule has 1 saturated heterocycles. The minimum absolute atomic E-state index is 0.00872. The van der Waals surface area contributed by atoms with Crippen molar-refractivity contribution >= 4 is 32.9 Å². The highest BCUT2D eigenvalue weighted by atomic mass is 79.9. The second-order valence-electron chi connectivity index (χ2n) is 7.87. The number of rotatable bonds is 3. The van der Waals surface area contributed by atoms with Crippen molar-refractivity contribution < 1.29 is 4.79 Å². The summed E-state index contributed by atoms with van der Waals surface area (Å²) in [6.45, 7) is 3.14. The number of para-hydroxylation sites is 2.